The van der Waals surface area contributed by atoms with Crippen LogP contribution in [0.5, 0.6) is 0 Å². The number of benzene rings is 1. The molecule has 5 heteroatoms. The van der Waals surface area contributed by atoms with Gasteiger partial charge in [-0.1, -0.05) is 17.7 Å². The van der Waals surface area contributed by atoms with Gasteiger partial charge in [-0.2, -0.15) is 0 Å². The Labute approximate surface area is 112 Å². The summed E-state index contributed by atoms with van der Waals surface area (Å²) < 4.78 is 13.6. The highest BCUT2D eigenvalue weighted by atomic mass is 35.5. The number of aliphatic hydroxyl groups excluding tert-OH is 2. The fourth-order valence-electron chi connectivity index (χ4n) is 1.86. The lowest BCUT2D eigenvalue weighted by Crippen LogP contribution is -2.36. The van der Waals surface area contributed by atoms with Crippen LogP contribution in [0.4, 0.5) is 4.39 Å². The van der Waals surface area contributed by atoms with Crippen molar-refractivity contribution in [2.75, 3.05) is 13.1 Å². The van der Waals surface area contributed by atoms with Crippen LogP contribution in [0.25, 0.3) is 0 Å². The second-order valence-corrected chi connectivity index (χ2v) is 5.00. The van der Waals surface area contributed by atoms with Gasteiger partial charge < -0.3 is 10.2 Å². The maximum absolute atomic E-state index is 13.6. The van der Waals surface area contributed by atoms with Crippen molar-refractivity contribution >= 4 is 11.6 Å². The summed E-state index contributed by atoms with van der Waals surface area (Å²) >= 11 is 5.96. The minimum atomic E-state index is -0.547. The third kappa shape index (κ3) is 4.90. The van der Waals surface area contributed by atoms with Gasteiger partial charge in [0.25, 0.3) is 0 Å². The van der Waals surface area contributed by atoms with Gasteiger partial charge in [-0.25, -0.2) is 4.39 Å². The largest absolute Gasteiger partial charge is 0.392 e. The summed E-state index contributed by atoms with van der Waals surface area (Å²) in [5.74, 6) is -0.372. The quantitative estimate of drug-likeness (QED) is 0.835. The maximum atomic E-state index is 13.6. The van der Waals surface area contributed by atoms with Crippen LogP contribution in [-0.2, 0) is 6.54 Å². The minimum absolute atomic E-state index is 0.265. The van der Waals surface area contributed by atoms with Crippen LogP contribution < -0.4 is 0 Å². The predicted molar refractivity (Wildman–Crippen MR) is 70.0 cm³/mol. The number of aliphatic hydroxyl groups is 2. The molecular weight excluding hydrogens is 257 g/mol. The first kappa shape index (κ1) is 15.4. The van der Waals surface area contributed by atoms with E-state index in [0.29, 0.717) is 23.7 Å². The van der Waals surface area contributed by atoms with E-state index in [1.54, 1.807) is 30.9 Å². The van der Waals surface area contributed by atoms with Crippen LogP contribution in [-0.4, -0.2) is 40.4 Å². The molecule has 1 aromatic rings. The van der Waals surface area contributed by atoms with E-state index >= 15 is 0 Å². The number of hydrogen-bond donors (Lipinski definition) is 2. The molecule has 102 valence electrons. The zero-order valence-corrected chi connectivity index (χ0v) is 11.4. The molecule has 0 bridgehead atoms. The van der Waals surface area contributed by atoms with Gasteiger partial charge in [0.1, 0.15) is 5.82 Å². The zero-order valence-electron chi connectivity index (χ0n) is 10.6. The molecule has 0 fully saturated rings. The van der Waals surface area contributed by atoms with Gasteiger partial charge in [0, 0.05) is 30.2 Å². The van der Waals surface area contributed by atoms with Crippen LogP contribution in [0, 0.1) is 5.82 Å². The van der Waals surface area contributed by atoms with Crippen LogP contribution in [0.15, 0.2) is 18.2 Å². The first-order valence-corrected chi connectivity index (χ1v) is 6.29. The second-order valence-electron chi connectivity index (χ2n) is 4.59. The van der Waals surface area contributed by atoms with E-state index < -0.39 is 12.2 Å². The minimum Gasteiger partial charge on any atom is -0.392 e. The van der Waals surface area contributed by atoms with Crippen LogP contribution in [0.3, 0.4) is 0 Å². The van der Waals surface area contributed by atoms with Crippen molar-refractivity contribution in [2.24, 2.45) is 0 Å². The van der Waals surface area contributed by atoms with Gasteiger partial charge in [0.2, 0.25) is 0 Å². The van der Waals surface area contributed by atoms with Crippen molar-refractivity contribution in [1.29, 1.82) is 0 Å². The molecule has 0 aliphatic rings. The van der Waals surface area contributed by atoms with Gasteiger partial charge >= 0.3 is 0 Å². The molecule has 2 atom stereocenters. The highest BCUT2D eigenvalue weighted by molar-refractivity contribution is 6.31. The molecule has 0 aromatic heterocycles. The summed E-state index contributed by atoms with van der Waals surface area (Å²) in [7, 11) is 0. The van der Waals surface area contributed by atoms with Crippen LogP contribution in [0.1, 0.15) is 19.4 Å². The van der Waals surface area contributed by atoms with Crippen molar-refractivity contribution < 1.29 is 14.6 Å². The van der Waals surface area contributed by atoms with E-state index in [4.69, 9.17) is 11.6 Å². The Morgan fingerprint density at radius 1 is 1.22 bits per heavy atom. The standard InChI is InChI=1S/C13H19ClFNO2/c1-9(17)6-16(7-10(2)18)8-11-12(14)4-3-5-13(11)15/h3-5,9-10,17-18H,6-8H2,1-2H3/t9-,10-/m0/s1. The molecule has 18 heavy (non-hydrogen) atoms. The average Bonchev–Trinajstić information content (AvgIpc) is 2.21. The van der Waals surface area contributed by atoms with E-state index in [1.807, 2.05) is 0 Å². The SMILES string of the molecule is C[C@H](O)CN(Cc1c(F)cccc1Cl)C[C@H](C)O. The Kier molecular flexibility index (Phi) is 6.02. The first-order valence-electron chi connectivity index (χ1n) is 5.91. The van der Waals surface area contributed by atoms with Crippen molar-refractivity contribution in [3.8, 4) is 0 Å². The fraction of sp³-hybridized carbons (Fsp3) is 0.538. The monoisotopic (exact) mass is 275 g/mol. The van der Waals surface area contributed by atoms with Crippen LogP contribution >= 0.6 is 11.6 Å². The van der Waals surface area contributed by atoms with E-state index in [0.717, 1.165) is 0 Å². The third-order valence-corrected chi connectivity index (χ3v) is 2.84. The first-order chi connectivity index (χ1) is 8.40. The number of rotatable bonds is 6. The summed E-state index contributed by atoms with van der Waals surface area (Å²) in [6.45, 7) is 4.28. The topological polar surface area (TPSA) is 43.7 Å². The molecule has 0 spiro atoms. The average molecular weight is 276 g/mol. The third-order valence-electron chi connectivity index (χ3n) is 2.49. The molecule has 2 N–H and O–H groups in total. The van der Waals surface area contributed by atoms with Gasteiger partial charge in [-0.3, -0.25) is 4.90 Å². The molecule has 0 heterocycles. The zero-order chi connectivity index (χ0) is 13.7. The van der Waals surface area contributed by atoms with Gasteiger partial charge in [0.05, 0.1) is 12.2 Å². The Morgan fingerprint density at radius 3 is 2.22 bits per heavy atom. The van der Waals surface area contributed by atoms with E-state index in [2.05, 4.69) is 0 Å². The normalized spacial score (nSPS) is 14.8. The fourth-order valence-corrected chi connectivity index (χ4v) is 2.08. The predicted octanol–water partition coefficient (Wildman–Crippen LogP) is 2.04. The van der Waals surface area contributed by atoms with E-state index in [-0.39, 0.29) is 12.4 Å². The molecule has 0 radical (unpaired) electrons. The van der Waals surface area contributed by atoms with Gasteiger partial charge in [-0.05, 0) is 26.0 Å². The molecular formula is C13H19ClFNO2. The van der Waals surface area contributed by atoms with Crippen molar-refractivity contribution in [1.82, 2.24) is 4.90 Å². The molecule has 0 amide bonds. The molecule has 0 aliphatic heterocycles. The Hall–Kier alpha value is -0.680. The highest BCUT2D eigenvalue weighted by Crippen LogP contribution is 2.21. The Morgan fingerprint density at radius 2 is 1.78 bits per heavy atom. The molecule has 0 saturated carbocycles. The summed E-state index contributed by atoms with van der Waals surface area (Å²) in [4.78, 5) is 1.78. The summed E-state index contributed by atoms with van der Waals surface area (Å²) in [5.41, 5.74) is 0.389. The lowest BCUT2D eigenvalue weighted by atomic mass is 10.1. The highest BCUT2D eigenvalue weighted by Gasteiger charge is 2.15. The summed E-state index contributed by atoms with van der Waals surface area (Å²) in [5, 5.41) is 19.2. The second kappa shape index (κ2) is 7.04. The van der Waals surface area contributed by atoms with Crippen molar-refractivity contribution in [3.05, 3.63) is 34.6 Å². The van der Waals surface area contributed by atoms with Crippen molar-refractivity contribution in [2.45, 2.75) is 32.6 Å². The number of halogens is 2. The lowest BCUT2D eigenvalue weighted by molar-refractivity contribution is 0.0788. The smallest absolute Gasteiger partial charge is 0.129 e. The van der Waals surface area contributed by atoms with E-state index in [1.165, 1.54) is 6.07 Å². The summed E-state index contributed by atoms with van der Waals surface area (Å²) in [6.07, 6.45) is -1.09. The van der Waals surface area contributed by atoms with Crippen molar-refractivity contribution in [3.63, 3.8) is 0 Å². The number of hydrogen-bond acceptors (Lipinski definition) is 3. The lowest BCUT2D eigenvalue weighted by Gasteiger charge is -2.25. The molecule has 0 unspecified atom stereocenters. The van der Waals surface area contributed by atoms with E-state index in [9.17, 15) is 14.6 Å². The number of nitrogens with zero attached hydrogens (tertiary/aromatic N) is 1. The van der Waals surface area contributed by atoms with Gasteiger partial charge in [0.15, 0.2) is 0 Å². The van der Waals surface area contributed by atoms with Crippen LogP contribution in [0.2, 0.25) is 5.02 Å². The molecule has 1 rings (SSSR count). The molecule has 0 aliphatic carbocycles. The Balaban J connectivity index is 2.81. The summed E-state index contributed by atoms with van der Waals surface area (Å²) in [6, 6.07) is 4.53. The molecule has 1 aromatic carbocycles. The Bertz CT molecular complexity index is 355. The molecule has 0 saturated heterocycles. The maximum Gasteiger partial charge on any atom is 0.129 e. The molecule has 3 nitrogen and oxygen atoms in total. The van der Waals surface area contributed by atoms with Gasteiger partial charge in [-0.15, -0.1) is 0 Å².